The molecule has 0 aromatic rings. The van der Waals surface area contributed by atoms with Crippen LogP contribution in [0.15, 0.2) is 0 Å². The molecular formula is C16H27NO3. The van der Waals surface area contributed by atoms with Gasteiger partial charge in [0.1, 0.15) is 0 Å². The van der Waals surface area contributed by atoms with Gasteiger partial charge in [-0.05, 0) is 6.42 Å². The van der Waals surface area contributed by atoms with Crippen LogP contribution in [0.3, 0.4) is 0 Å². The van der Waals surface area contributed by atoms with E-state index in [0.717, 1.165) is 24.2 Å². The second kappa shape index (κ2) is 9.67. The van der Waals surface area contributed by atoms with Gasteiger partial charge in [0.15, 0.2) is 0 Å². The molecule has 1 heterocycles. The highest BCUT2D eigenvalue weighted by Gasteiger charge is 2.33. The third kappa shape index (κ3) is 5.85. The minimum atomic E-state index is -0.323. The Morgan fingerprint density at radius 3 is 1.80 bits per heavy atom. The third-order valence-electron chi connectivity index (χ3n) is 3.80. The fourth-order valence-corrected chi connectivity index (χ4v) is 2.55. The summed E-state index contributed by atoms with van der Waals surface area (Å²) >= 11 is 0. The molecule has 3 amide bonds. The number of likely N-dealkylation sites (tertiary alicyclic amines) is 1. The lowest BCUT2D eigenvalue weighted by Gasteiger charge is -2.11. The molecule has 1 fully saturated rings. The second-order valence-electron chi connectivity index (χ2n) is 5.60. The Morgan fingerprint density at radius 2 is 1.30 bits per heavy atom. The van der Waals surface area contributed by atoms with Gasteiger partial charge in [-0.3, -0.25) is 14.4 Å². The highest BCUT2D eigenvalue weighted by atomic mass is 16.2. The van der Waals surface area contributed by atoms with E-state index in [4.69, 9.17) is 0 Å². The maximum Gasteiger partial charge on any atom is 0.236 e. The summed E-state index contributed by atoms with van der Waals surface area (Å²) in [6.45, 7) is 2.22. The van der Waals surface area contributed by atoms with Crippen molar-refractivity contribution in [2.75, 3.05) is 0 Å². The van der Waals surface area contributed by atoms with Crippen molar-refractivity contribution in [3.63, 3.8) is 0 Å². The van der Waals surface area contributed by atoms with Gasteiger partial charge in [0.2, 0.25) is 17.7 Å². The van der Waals surface area contributed by atoms with Crippen LogP contribution in [-0.2, 0) is 14.4 Å². The van der Waals surface area contributed by atoms with Crippen LogP contribution >= 0.6 is 0 Å². The molecule has 0 unspecified atom stereocenters. The van der Waals surface area contributed by atoms with Crippen LogP contribution in [0.4, 0.5) is 0 Å². The number of unbranched alkanes of at least 4 members (excludes halogenated alkanes) is 8. The molecule has 0 N–H and O–H groups in total. The Labute approximate surface area is 121 Å². The van der Waals surface area contributed by atoms with Gasteiger partial charge in [-0.1, -0.05) is 58.3 Å². The van der Waals surface area contributed by atoms with Crippen molar-refractivity contribution in [1.82, 2.24) is 4.90 Å². The lowest BCUT2D eigenvalue weighted by atomic mass is 10.1. The van der Waals surface area contributed by atoms with Gasteiger partial charge < -0.3 is 0 Å². The molecule has 114 valence electrons. The Kier molecular flexibility index (Phi) is 8.16. The van der Waals surface area contributed by atoms with Gasteiger partial charge >= 0.3 is 0 Å². The molecule has 0 bridgehead atoms. The molecule has 0 aromatic carbocycles. The minimum Gasteiger partial charge on any atom is -0.274 e. The maximum absolute atomic E-state index is 11.8. The van der Waals surface area contributed by atoms with Crippen molar-refractivity contribution >= 4 is 17.7 Å². The standard InChI is InChI=1S/C16H27NO3/c1-2-3-4-5-6-7-8-9-10-11-14(18)17-15(19)12-13-16(17)20/h2-13H2,1H3. The summed E-state index contributed by atoms with van der Waals surface area (Å²) in [5, 5.41) is 0. The molecule has 0 aliphatic carbocycles. The average molecular weight is 281 g/mol. The number of hydrogen-bond donors (Lipinski definition) is 0. The first kappa shape index (κ1) is 16.9. The molecule has 1 rings (SSSR count). The molecule has 20 heavy (non-hydrogen) atoms. The summed E-state index contributed by atoms with van der Waals surface area (Å²) < 4.78 is 0. The molecule has 1 saturated heterocycles. The smallest absolute Gasteiger partial charge is 0.236 e. The van der Waals surface area contributed by atoms with Crippen LogP contribution in [0.25, 0.3) is 0 Å². The molecule has 1 aliphatic rings. The number of hydrogen-bond acceptors (Lipinski definition) is 3. The van der Waals surface area contributed by atoms with E-state index in [1.165, 1.54) is 38.5 Å². The molecule has 0 aromatic heterocycles. The summed E-state index contributed by atoms with van der Waals surface area (Å²) in [7, 11) is 0. The zero-order valence-electron chi connectivity index (χ0n) is 12.7. The molecule has 1 aliphatic heterocycles. The summed E-state index contributed by atoms with van der Waals surface area (Å²) in [4.78, 5) is 35.4. The van der Waals surface area contributed by atoms with Crippen molar-refractivity contribution in [2.45, 2.75) is 84.0 Å². The Morgan fingerprint density at radius 1 is 0.850 bits per heavy atom. The van der Waals surface area contributed by atoms with Gasteiger partial charge in [0, 0.05) is 19.3 Å². The minimum absolute atomic E-state index is 0.197. The van der Waals surface area contributed by atoms with E-state index in [-0.39, 0.29) is 30.6 Å². The lowest BCUT2D eigenvalue weighted by molar-refractivity contribution is -0.149. The molecule has 0 atom stereocenters. The van der Waals surface area contributed by atoms with E-state index in [1.54, 1.807) is 0 Å². The predicted octanol–water partition coefficient (Wildman–Crippen LogP) is 3.58. The van der Waals surface area contributed by atoms with Crippen molar-refractivity contribution in [3.8, 4) is 0 Å². The fourth-order valence-electron chi connectivity index (χ4n) is 2.55. The van der Waals surface area contributed by atoms with Crippen LogP contribution in [0.2, 0.25) is 0 Å². The normalized spacial score (nSPS) is 15.2. The van der Waals surface area contributed by atoms with E-state index in [0.29, 0.717) is 6.42 Å². The van der Waals surface area contributed by atoms with Gasteiger partial charge in [0.05, 0.1) is 0 Å². The molecule has 0 saturated carbocycles. The topological polar surface area (TPSA) is 54.5 Å². The molecule has 0 spiro atoms. The third-order valence-corrected chi connectivity index (χ3v) is 3.80. The first-order valence-electron chi connectivity index (χ1n) is 8.05. The summed E-state index contributed by atoms with van der Waals surface area (Å²) in [6.07, 6.45) is 11.4. The predicted molar refractivity (Wildman–Crippen MR) is 77.9 cm³/mol. The summed E-state index contributed by atoms with van der Waals surface area (Å²) in [6, 6.07) is 0. The number of carbonyl (C=O) groups excluding carboxylic acids is 3. The lowest BCUT2D eigenvalue weighted by Crippen LogP contribution is -2.35. The monoisotopic (exact) mass is 281 g/mol. The molecule has 4 heteroatoms. The Hall–Kier alpha value is -1.19. The van der Waals surface area contributed by atoms with Crippen LogP contribution < -0.4 is 0 Å². The zero-order chi connectivity index (χ0) is 14.8. The highest BCUT2D eigenvalue weighted by Crippen LogP contribution is 2.15. The number of rotatable bonds is 10. The van der Waals surface area contributed by atoms with E-state index < -0.39 is 0 Å². The van der Waals surface area contributed by atoms with E-state index >= 15 is 0 Å². The number of amides is 3. The van der Waals surface area contributed by atoms with E-state index in [9.17, 15) is 14.4 Å². The first-order chi connectivity index (χ1) is 9.66. The SMILES string of the molecule is CCCCCCCCCCCC(=O)N1C(=O)CCC1=O. The van der Waals surface area contributed by atoms with Gasteiger partial charge in [-0.2, -0.15) is 0 Å². The number of carbonyl (C=O) groups is 3. The molecule has 4 nitrogen and oxygen atoms in total. The van der Waals surface area contributed by atoms with Crippen LogP contribution in [-0.4, -0.2) is 22.6 Å². The van der Waals surface area contributed by atoms with Gasteiger partial charge in [-0.25, -0.2) is 4.90 Å². The van der Waals surface area contributed by atoms with Crippen molar-refractivity contribution in [1.29, 1.82) is 0 Å². The van der Waals surface area contributed by atoms with Crippen molar-refractivity contribution in [2.24, 2.45) is 0 Å². The molecular weight excluding hydrogens is 254 g/mol. The van der Waals surface area contributed by atoms with Crippen LogP contribution in [0.1, 0.15) is 84.0 Å². The zero-order valence-corrected chi connectivity index (χ0v) is 12.7. The fraction of sp³-hybridized carbons (Fsp3) is 0.812. The number of nitrogens with zero attached hydrogens (tertiary/aromatic N) is 1. The van der Waals surface area contributed by atoms with Crippen molar-refractivity contribution in [3.05, 3.63) is 0 Å². The highest BCUT2D eigenvalue weighted by molar-refractivity contribution is 6.14. The summed E-state index contributed by atoms with van der Waals surface area (Å²) in [5.74, 6) is -0.952. The first-order valence-corrected chi connectivity index (χ1v) is 8.05. The number of imide groups is 3. The summed E-state index contributed by atoms with van der Waals surface area (Å²) in [5.41, 5.74) is 0. The van der Waals surface area contributed by atoms with Gasteiger partial charge in [-0.15, -0.1) is 0 Å². The van der Waals surface area contributed by atoms with E-state index in [1.807, 2.05) is 0 Å². The average Bonchev–Trinajstić information content (AvgIpc) is 2.76. The second-order valence-corrected chi connectivity index (χ2v) is 5.60. The Balaban J connectivity index is 2.00. The van der Waals surface area contributed by atoms with Crippen LogP contribution in [0.5, 0.6) is 0 Å². The van der Waals surface area contributed by atoms with E-state index in [2.05, 4.69) is 6.92 Å². The maximum atomic E-state index is 11.8. The van der Waals surface area contributed by atoms with Crippen molar-refractivity contribution < 1.29 is 14.4 Å². The van der Waals surface area contributed by atoms with Gasteiger partial charge in [0.25, 0.3) is 0 Å². The Bertz CT molecular complexity index is 323. The largest absolute Gasteiger partial charge is 0.274 e. The molecule has 0 radical (unpaired) electrons. The quantitative estimate of drug-likeness (QED) is 0.454. The van der Waals surface area contributed by atoms with Crippen LogP contribution in [0, 0.1) is 0 Å².